The molecule has 2 N–H and O–H groups in total. The Morgan fingerprint density at radius 3 is 2.52 bits per heavy atom. The van der Waals surface area contributed by atoms with E-state index >= 15 is 0 Å². The van der Waals surface area contributed by atoms with Gasteiger partial charge in [-0.2, -0.15) is 0 Å². The Morgan fingerprint density at radius 2 is 1.92 bits per heavy atom. The molecular weight excluding hydrogens is 362 g/mol. The molecule has 2 aromatic heterocycles. The minimum absolute atomic E-state index is 0.278. The molecule has 0 saturated heterocycles. The number of nitrogens with zero attached hydrogens (tertiary/aromatic N) is 1. The Kier molecular flexibility index (Phi) is 4.60. The minimum Gasteiger partial charge on any atom is -0.469 e. The van der Waals surface area contributed by atoms with E-state index in [0.717, 1.165) is 11.8 Å². The normalized spacial score (nSPS) is 11.3. The second-order valence-corrected chi connectivity index (χ2v) is 7.94. The molecule has 0 fully saturated rings. The highest BCUT2D eigenvalue weighted by Gasteiger charge is 2.14. The Labute approximate surface area is 148 Å². The van der Waals surface area contributed by atoms with E-state index in [9.17, 15) is 13.2 Å². The third kappa shape index (κ3) is 4.25. The number of aromatic nitrogens is 1. The highest BCUT2D eigenvalue weighted by molar-refractivity contribution is 7.92. The smallest absolute Gasteiger partial charge is 0.260 e. The predicted molar refractivity (Wildman–Crippen MR) is 97.4 cm³/mol. The van der Waals surface area contributed by atoms with Gasteiger partial charge in [-0.25, -0.2) is 13.4 Å². The Morgan fingerprint density at radius 1 is 1.20 bits per heavy atom. The van der Waals surface area contributed by atoms with Gasteiger partial charge < -0.3 is 4.42 Å². The van der Waals surface area contributed by atoms with Gasteiger partial charge in [-0.15, -0.1) is 11.3 Å². The lowest BCUT2D eigenvalue weighted by molar-refractivity contribution is 0.102. The van der Waals surface area contributed by atoms with Crippen molar-refractivity contribution in [3.63, 3.8) is 0 Å². The maximum absolute atomic E-state index is 12.1. The number of amides is 1. The number of hydrogen-bond acceptors (Lipinski definition) is 6. The first-order valence-corrected chi connectivity index (χ1v) is 9.98. The molecule has 3 rings (SSSR count). The monoisotopic (exact) mass is 377 g/mol. The van der Waals surface area contributed by atoms with Crippen LogP contribution in [0.1, 0.15) is 16.1 Å². The molecule has 9 heteroatoms. The minimum atomic E-state index is -3.31. The molecule has 1 amide bonds. The summed E-state index contributed by atoms with van der Waals surface area (Å²) in [4.78, 5) is 16.5. The Hall–Kier alpha value is -2.65. The average molecular weight is 377 g/mol. The van der Waals surface area contributed by atoms with Crippen molar-refractivity contribution >= 4 is 38.1 Å². The van der Waals surface area contributed by atoms with Gasteiger partial charge >= 0.3 is 0 Å². The summed E-state index contributed by atoms with van der Waals surface area (Å²) in [5, 5.41) is 5.02. The second-order valence-electron chi connectivity index (χ2n) is 5.33. The highest BCUT2D eigenvalue weighted by Crippen LogP contribution is 2.26. The summed E-state index contributed by atoms with van der Waals surface area (Å²) in [5.41, 5.74) is 2.45. The number of nitrogens with one attached hydrogen (secondary N) is 2. The van der Waals surface area contributed by atoms with Crippen molar-refractivity contribution in [2.24, 2.45) is 0 Å². The molecule has 0 spiro atoms. The lowest BCUT2D eigenvalue weighted by Crippen LogP contribution is -2.11. The van der Waals surface area contributed by atoms with Gasteiger partial charge in [-0.05, 0) is 25.1 Å². The SMILES string of the molecule is Cc1occc1C(=O)Nc1nc(-c2ccc(NS(C)(=O)=O)cc2)cs1. The quantitative estimate of drug-likeness (QED) is 0.710. The fourth-order valence-electron chi connectivity index (χ4n) is 2.17. The van der Waals surface area contributed by atoms with Crippen LogP contribution < -0.4 is 10.0 Å². The zero-order chi connectivity index (χ0) is 18.0. The van der Waals surface area contributed by atoms with Crippen LogP contribution in [0.25, 0.3) is 11.3 Å². The van der Waals surface area contributed by atoms with Gasteiger partial charge in [-0.1, -0.05) is 12.1 Å². The predicted octanol–water partition coefficient (Wildman–Crippen LogP) is 3.34. The molecule has 130 valence electrons. The summed E-state index contributed by atoms with van der Waals surface area (Å²) in [6, 6.07) is 8.43. The van der Waals surface area contributed by atoms with Gasteiger partial charge in [0.25, 0.3) is 5.91 Å². The molecular formula is C16H15N3O4S2. The van der Waals surface area contributed by atoms with Crippen molar-refractivity contribution in [1.29, 1.82) is 0 Å². The number of hydrogen-bond donors (Lipinski definition) is 2. The van der Waals surface area contributed by atoms with Crippen LogP contribution in [-0.4, -0.2) is 25.6 Å². The largest absolute Gasteiger partial charge is 0.469 e. The van der Waals surface area contributed by atoms with Crippen LogP contribution in [-0.2, 0) is 10.0 Å². The van der Waals surface area contributed by atoms with E-state index in [0.29, 0.717) is 27.8 Å². The van der Waals surface area contributed by atoms with E-state index in [2.05, 4.69) is 15.0 Å². The molecule has 25 heavy (non-hydrogen) atoms. The first kappa shape index (κ1) is 17.2. The van der Waals surface area contributed by atoms with Gasteiger partial charge in [0.15, 0.2) is 5.13 Å². The van der Waals surface area contributed by atoms with Crippen molar-refractivity contribution in [2.75, 3.05) is 16.3 Å². The summed E-state index contributed by atoms with van der Waals surface area (Å²) in [6.45, 7) is 1.72. The van der Waals surface area contributed by atoms with Crippen LogP contribution in [0, 0.1) is 6.92 Å². The number of aryl methyl sites for hydroxylation is 1. The maximum Gasteiger partial charge on any atom is 0.260 e. The number of thiazole rings is 1. The summed E-state index contributed by atoms with van der Waals surface area (Å²) >= 11 is 1.30. The van der Waals surface area contributed by atoms with Gasteiger partial charge in [0.05, 0.1) is 23.8 Å². The summed E-state index contributed by atoms with van der Waals surface area (Å²) < 4.78 is 29.9. The number of benzene rings is 1. The molecule has 1 aromatic carbocycles. The van der Waals surface area contributed by atoms with E-state index in [1.54, 1.807) is 37.3 Å². The van der Waals surface area contributed by atoms with Gasteiger partial charge in [-0.3, -0.25) is 14.8 Å². The van der Waals surface area contributed by atoms with Crippen molar-refractivity contribution < 1.29 is 17.6 Å². The van der Waals surface area contributed by atoms with Crippen molar-refractivity contribution in [1.82, 2.24) is 4.98 Å². The average Bonchev–Trinajstić information content (AvgIpc) is 3.15. The Balaban J connectivity index is 1.73. The van der Waals surface area contributed by atoms with Crippen LogP contribution in [0.5, 0.6) is 0 Å². The van der Waals surface area contributed by atoms with E-state index in [-0.39, 0.29) is 5.91 Å². The standard InChI is InChI=1S/C16H15N3O4S2/c1-10-13(7-8-23-10)15(20)18-16-17-14(9-24-16)11-3-5-12(6-4-11)19-25(2,21)22/h3-9,19H,1-2H3,(H,17,18,20). The molecule has 2 heterocycles. The van der Waals surface area contributed by atoms with Gasteiger partial charge in [0.2, 0.25) is 10.0 Å². The number of rotatable bonds is 5. The number of carbonyl (C=O) groups excluding carboxylic acids is 1. The van der Waals surface area contributed by atoms with Crippen molar-refractivity contribution in [2.45, 2.75) is 6.92 Å². The van der Waals surface area contributed by atoms with Gasteiger partial charge in [0, 0.05) is 16.6 Å². The Bertz CT molecular complexity index is 1000. The molecule has 0 bridgehead atoms. The zero-order valence-corrected chi connectivity index (χ0v) is 15.1. The number of furan rings is 1. The van der Waals surface area contributed by atoms with Crippen LogP contribution in [0.2, 0.25) is 0 Å². The highest BCUT2D eigenvalue weighted by atomic mass is 32.2. The molecule has 0 aliphatic carbocycles. The van der Waals surface area contributed by atoms with E-state index < -0.39 is 10.0 Å². The summed E-state index contributed by atoms with van der Waals surface area (Å²) in [6.07, 6.45) is 2.56. The van der Waals surface area contributed by atoms with Crippen LogP contribution in [0.15, 0.2) is 46.4 Å². The molecule has 3 aromatic rings. The third-order valence-electron chi connectivity index (χ3n) is 3.31. The molecule has 0 radical (unpaired) electrons. The summed E-state index contributed by atoms with van der Waals surface area (Å²) in [7, 11) is -3.31. The zero-order valence-electron chi connectivity index (χ0n) is 13.4. The summed E-state index contributed by atoms with van der Waals surface area (Å²) in [5.74, 6) is 0.267. The first-order valence-electron chi connectivity index (χ1n) is 7.21. The molecule has 0 saturated carbocycles. The molecule has 0 aliphatic heterocycles. The van der Waals surface area contributed by atoms with Crippen LogP contribution >= 0.6 is 11.3 Å². The fraction of sp³-hybridized carbons (Fsp3) is 0.125. The second kappa shape index (κ2) is 6.69. The molecule has 0 aliphatic rings. The lowest BCUT2D eigenvalue weighted by atomic mass is 10.1. The number of sulfonamides is 1. The molecule has 0 atom stereocenters. The van der Waals surface area contributed by atoms with E-state index in [1.807, 2.05) is 5.38 Å². The maximum atomic E-state index is 12.1. The lowest BCUT2D eigenvalue weighted by Gasteiger charge is -2.04. The van der Waals surface area contributed by atoms with E-state index in [4.69, 9.17) is 4.42 Å². The van der Waals surface area contributed by atoms with Crippen LogP contribution in [0.3, 0.4) is 0 Å². The first-order chi connectivity index (χ1) is 11.8. The topological polar surface area (TPSA) is 101 Å². The third-order valence-corrected chi connectivity index (χ3v) is 4.68. The van der Waals surface area contributed by atoms with Crippen LogP contribution in [0.4, 0.5) is 10.8 Å². The fourth-order valence-corrected chi connectivity index (χ4v) is 3.45. The molecule has 7 nitrogen and oxygen atoms in total. The van der Waals surface area contributed by atoms with E-state index in [1.165, 1.54) is 17.6 Å². The molecule has 0 unspecified atom stereocenters. The number of anilines is 2. The van der Waals surface area contributed by atoms with Crippen molar-refractivity contribution in [3.8, 4) is 11.3 Å². The van der Waals surface area contributed by atoms with Crippen molar-refractivity contribution in [3.05, 3.63) is 53.3 Å². The van der Waals surface area contributed by atoms with Gasteiger partial charge in [0.1, 0.15) is 5.76 Å². The number of carbonyl (C=O) groups is 1.